The Hall–Kier alpha value is -4.33. The maximum absolute atomic E-state index is 13.6. The summed E-state index contributed by atoms with van der Waals surface area (Å²) in [6, 6.07) is 18.8. The normalized spacial score (nSPS) is 17.2. The molecule has 2 aliphatic rings. The van der Waals surface area contributed by atoms with Gasteiger partial charge in [-0.3, -0.25) is 14.3 Å². The Bertz CT molecular complexity index is 2380. The highest BCUT2D eigenvalue weighted by molar-refractivity contribution is 7.98. The van der Waals surface area contributed by atoms with E-state index in [1.54, 1.807) is 11.8 Å². The van der Waals surface area contributed by atoms with Crippen molar-refractivity contribution >= 4 is 51.0 Å². The van der Waals surface area contributed by atoms with Gasteiger partial charge in [0, 0.05) is 84.7 Å². The fourth-order valence-electron chi connectivity index (χ4n) is 8.04. The molecule has 3 aromatic heterocycles. The van der Waals surface area contributed by atoms with Crippen LogP contribution in [0.5, 0.6) is 5.75 Å². The molecule has 0 aliphatic carbocycles. The van der Waals surface area contributed by atoms with E-state index in [0.717, 1.165) is 110 Å². The lowest BCUT2D eigenvalue weighted by molar-refractivity contribution is 0.00358. The summed E-state index contributed by atoms with van der Waals surface area (Å²) in [5.74, 6) is 1.18. The zero-order valence-electron chi connectivity index (χ0n) is 32.1. The molecule has 3 aromatic carbocycles. The van der Waals surface area contributed by atoms with Gasteiger partial charge in [0.15, 0.2) is 0 Å². The lowest BCUT2D eigenvalue weighted by Crippen LogP contribution is -2.37. The molecule has 55 heavy (non-hydrogen) atoms. The minimum absolute atomic E-state index is 0.314. The number of nitrogens with zero attached hydrogens (tertiary/aromatic N) is 6. The van der Waals surface area contributed by atoms with Crippen molar-refractivity contribution in [3.8, 4) is 16.9 Å². The number of esters is 1. The SMILES string of the molecule is COC(=O)c1c2c3ccc(Cl)c(c3n1C)-c1c(nn(C)c1C)C(CCN1CCOCC1)OCc1cc(n(C)n1)CSc1cc(c3ccccc3c1)OCCC2. The Morgan fingerprint density at radius 3 is 2.62 bits per heavy atom. The lowest BCUT2D eigenvalue weighted by Gasteiger charge is -2.28. The molecule has 1 saturated heterocycles. The molecule has 11 nitrogen and oxygen atoms in total. The van der Waals surface area contributed by atoms with E-state index in [-0.39, 0.29) is 6.10 Å². The molecule has 6 aromatic rings. The van der Waals surface area contributed by atoms with Crippen LogP contribution in [0.3, 0.4) is 0 Å². The third-order valence-electron chi connectivity index (χ3n) is 11.0. The van der Waals surface area contributed by atoms with Crippen molar-refractivity contribution in [2.24, 2.45) is 21.1 Å². The number of halogens is 1. The summed E-state index contributed by atoms with van der Waals surface area (Å²) in [5.41, 5.74) is 7.70. The first-order valence-electron chi connectivity index (χ1n) is 18.9. The van der Waals surface area contributed by atoms with Gasteiger partial charge in [0.1, 0.15) is 17.5 Å². The zero-order chi connectivity index (χ0) is 38.2. The second-order valence-corrected chi connectivity index (χ2v) is 15.8. The average Bonchev–Trinajstić information content (AvgIpc) is 3.80. The number of thioether (sulfide) groups is 1. The van der Waals surface area contributed by atoms with Crippen LogP contribution in [0.1, 0.15) is 57.8 Å². The van der Waals surface area contributed by atoms with Crippen LogP contribution in [0.2, 0.25) is 5.02 Å². The van der Waals surface area contributed by atoms with Gasteiger partial charge in [0.2, 0.25) is 0 Å². The van der Waals surface area contributed by atoms with Gasteiger partial charge in [0.25, 0.3) is 0 Å². The Morgan fingerprint density at radius 2 is 1.80 bits per heavy atom. The molecule has 2 aliphatic heterocycles. The molecule has 0 N–H and O–H groups in total. The van der Waals surface area contributed by atoms with E-state index < -0.39 is 5.97 Å². The molecule has 0 radical (unpaired) electrons. The highest BCUT2D eigenvalue weighted by Crippen LogP contribution is 2.44. The van der Waals surface area contributed by atoms with Crippen molar-refractivity contribution in [2.45, 2.75) is 49.5 Å². The summed E-state index contributed by atoms with van der Waals surface area (Å²) in [5, 5.41) is 13.7. The molecule has 1 fully saturated rings. The minimum atomic E-state index is -0.397. The number of carbonyl (C=O) groups excluding carboxylic acids is 1. The fraction of sp³-hybridized carbons (Fsp3) is 0.405. The van der Waals surface area contributed by atoms with Gasteiger partial charge < -0.3 is 23.5 Å². The third-order valence-corrected chi connectivity index (χ3v) is 12.3. The minimum Gasteiger partial charge on any atom is -0.493 e. The number of aromatic nitrogens is 5. The molecule has 5 heterocycles. The number of carbonyl (C=O) groups is 1. The first-order valence-corrected chi connectivity index (χ1v) is 20.2. The van der Waals surface area contributed by atoms with Crippen LogP contribution in [0, 0.1) is 6.92 Å². The zero-order valence-corrected chi connectivity index (χ0v) is 33.6. The van der Waals surface area contributed by atoms with E-state index in [1.807, 2.05) is 53.3 Å². The highest BCUT2D eigenvalue weighted by Gasteiger charge is 2.31. The highest BCUT2D eigenvalue weighted by atomic mass is 35.5. The van der Waals surface area contributed by atoms with Gasteiger partial charge >= 0.3 is 5.97 Å². The van der Waals surface area contributed by atoms with Gasteiger partial charge in [-0.1, -0.05) is 41.9 Å². The van der Waals surface area contributed by atoms with Crippen molar-refractivity contribution in [1.29, 1.82) is 0 Å². The van der Waals surface area contributed by atoms with E-state index in [4.69, 9.17) is 40.7 Å². The summed E-state index contributed by atoms with van der Waals surface area (Å²) >= 11 is 8.99. The molecule has 1 unspecified atom stereocenters. The number of aryl methyl sites for hydroxylation is 4. The summed E-state index contributed by atoms with van der Waals surface area (Å²) in [7, 11) is 7.29. The molecule has 0 saturated carbocycles. The number of fused-ring (bicyclic) bond motifs is 8. The average molecular weight is 783 g/mol. The lowest BCUT2D eigenvalue weighted by atomic mass is 9.95. The van der Waals surface area contributed by atoms with Crippen molar-refractivity contribution in [3.63, 3.8) is 0 Å². The standard InChI is InChI=1S/C42H47ClN6O5S/c1-26-37-38-34(43)13-12-33-32(41(42(50)51-5)46(2)40(33)38)11-8-18-53-36-23-30(21-27-9-6-7-10-31(27)36)55-25-29-22-28(44-48(29)4)24-54-35(39(37)45-47(26)3)14-15-49-16-19-52-20-17-49/h6-7,9-10,12-13,21-23,35H,8,11,14-20,24-25H2,1-5H3. The third kappa shape index (κ3) is 7.38. The molecule has 288 valence electrons. The van der Waals surface area contributed by atoms with E-state index in [0.29, 0.717) is 43.2 Å². The maximum Gasteiger partial charge on any atom is 0.354 e. The first kappa shape index (κ1) is 37.6. The molecular formula is C42H47ClN6O5S. The van der Waals surface area contributed by atoms with E-state index >= 15 is 0 Å². The van der Waals surface area contributed by atoms with Gasteiger partial charge in [-0.15, -0.1) is 11.8 Å². The number of hydrogen-bond donors (Lipinski definition) is 0. The smallest absolute Gasteiger partial charge is 0.354 e. The second kappa shape index (κ2) is 16.0. The first-order chi connectivity index (χ1) is 26.7. The van der Waals surface area contributed by atoms with Crippen LogP contribution < -0.4 is 4.74 Å². The van der Waals surface area contributed by atoms with Crippen LogP contribution in [0.4, 0.5) is 0 Å². The topological polar surface area (TPSA) is 97.8 Å². The van der Waals surface area contributed by atoms with E-state index in [2.05, 4.69) is 48.2 Å². The van der Waals surface area contributed by atoms with Gasteiger partial charge in [0.05, 0.1) is 55.5 Å². The number of morpholine rings is 1. The molecule has 8 bridgehead atoms. The molecule has 8 rings (SSSR count). The monoisotopic (exact) mass is 782 g/mol. The van der Waals surface area contributed by atoms with Crippen molar-refractivity contribution in [2.75, 3.05) is 46.6 Å². The van der Waals surface area contributed by atoms with E-state index in [1.165, 1.54) is 7.11 Å². The predicted octanol–water partition coefficient (Wildman–Crippen LogP) is 7.81. The largest absolute Gasteiger partial charge is 0.493 e. The maximum atomic E-state index is 13.6. The number of ether oxygens (including phenoxy) is 4. The van der Waals surface area contributed by atoms with Crippen molar-refractivity contribution in [1.82, 2.24) is 29.0 Å². The van der Waals surface area contributed by atoms with E-state index in [9.17, 15) is 4.79 Å². The van der Waals surface area contributed by atoms with Crippen molar-refractivity contribution < 1.29 is 23.7 Å². The quantitative estimate of drug-likeness (QED) is 0.166. The Balaban J connectivity index is 1.27. The Kier molecular flexibility index (Phi) is 11.0. The Labute approximate surface area is 330 Å². The predicted molar refractivity (Wildman–Crippen MR) is 216 cm³/mol. The summed E-state index contributed by atoms with van der Waals surface area (Å²) in [4.78, 5) is 17.1. The molecule has 1 atom stereocenters. The molecular weight excluding hydrogens is 736 g/mol. The number of rotatable bonds is 4. The van der Waals surface area contributed by atoms with Crippen molar-refractivity contribution in [3.05, 3.63) is 93.7 Å². The van der Waals surface area contributed by atoms with Gasteiger partial charge in [-0.2, -0.15) is 10.2 Å². The summed E-state index contributed by atoms with van der Waals surface area (Å²) in [6.07, 6.45) is 1.62. The molecule has 0 amide bonds. The Morgan fingerprint density at radius 1 is 0.982 bits per heavy atom. The van der Waals surface area contributed by atoms with Crippen LogP contribution in [0.15, 0.2) is 59.5 Å². The van der Waals surface area contributed by atoms with Gasteiger partial charge in [-0.05, 0) is 61.4 Å². The fourth-order valence-corrected chi connectivity index (χ4v) is 9.28. The number of methoxy groups -OCH3 is 1. The molecule has 13 heteroatoms. The van der Waals surface area contributed by atoms with Crippen LogP contribution in [-0.4, -0.2) is 81.6 Å². The van der Waals surface area contributed by atoms with Crippen LogP contribution >= 0.6 is 23.4 Å². The number of hydrogen-bond acceptors (Lipinski definition) is 9. The molecule has 0 spiro atoms. The number of benzene rings is 3. The summed E-state index contributed by atoms with van der Waals surface area (Å²) < 4.78 is 30.3. The summed E-state index contributed by atoms with van der Waals surface area (Å²) in [6.45, 7) is 6.85. The van der Waals surface area contributed by atoms with Crippen LogP contribution in [-0.2, 0) is 54.1 Å². The van der Waals surface area contributed by atoms with Crippen LogP contribution in [0.25, 0.3) is 32.8 Å². The second-order valence-electron chi connectivity index (χ2n) is 14.3. The van der Waals surface area contributed by atoms with Gasteiger partial charge in [-0.25, -0.2) is 4.79 Å².